The Balaban J connectivity index is 1.91. The fourth-order valence-electron chi connectivity index (χ4n) is 3.83. The topological polar surface area (TPSA) is 36.4 Å². The molecule has 1 N–H and O–H groups in total. The molecule has 2 heterocycles. The summed E-state index contributed by atoms with van der Waals surface area (Å²) in [5.74, 6) is 0.0188. The fourth-order valence-corrected chi connectivity index (χ4v) is 3.83. The molecule has 1 unspecified atom stereocenters. The first kappa shape index (κ1) is 16.0. The molecule has 4 rings (SSSR count). The lowest BCUT2D eigenvalue weighted by molar-refractivity contribution is 0.186. The summed E-state index contributed by atoms with van der Waals surface area (Å²) in [6.07, 6.45) is 5.27. The molecule has 0 aliphatic carbocycles. The summed E-state index contributed by atoms with van der Waals surface area (Å²) >= 11 is 0. The number of hydrogen-bond acceptors (Lipinski definition) is 3. The molecule has 0 amide bonds. The number of benzene rings is 2. The third kappa shape index (κ3) is 3.10. The van der Waals surface area contributed by atoms with Gasteiger partial charge in [0, 0.05) is 17.1 Å². The summed E-state index contributed by atoms with van der Waals surface area (Å²) in [5.41, 5.74) is 2.72. The highest BCUT2D eigenvalue weighted by Crippen LogP contribution is 2.39. The molecule has 25 heavy (non-hydrogen) atoms. The monoisotopic (exact) mass is 336 g/mol. The van der Waals surface area contributed by atoms with E-state index in [1.165, 1.54) is 18.6 Å². The maximum Gasteiger partial charge on any atom is 0.123 e. The normalized spacial score (nSPS) is 16.8. The molecule has 3 aromatic rings. The third-order valence-corrected chi connectivity index (χ3v) is 5.02. The van der Waals surface area contributed by atoms with Crippen molar-refractivity contribution in [3.05, 3.63) is 71.7 Å². The zero-order valence-electron chi connectivity index (χ0n) is 14.0. The second-order valence-electron chi connectivity index (χ2n) is 6.62. The number of fused-ring (bicyclic) bond motifs is 1. The Bertz CT molecular complexity index is 873. The molecule has 1 saturated heterocycles. The number of nitrogens with zero attached hydrogens (tertiary/aromatic N) is 2. The molecule has 1 atom stereocenters. The van der Waals surface area contributed by atoms with Crippen LogP contribution in [0.3, 0.4) is 0 Å². The van der Waals surface area contributed by atoms with Gasteiger partial charge >= 0.3 is 0 Å². The lowest BCUT2D eigenvalue weighted by atomic mass is 9.91. The van der Waals surface area contributed by atoms with Gasteiger partial charge in [-0.25, -0.2) is 4.39 Å². The summed E-state index contributed by atoms with van der Waals surface area (Å²) in [6.45, 7) is 1.94. The van der Waals surface area contributed by atoms with E-state index >= 15 is 0 Å². The van der Waals surface area contributed by atoms with Crippen LogP contribution in [0.25, 0.3) is 10.9 Å². The molecule has 1 aromatic heterocycles. The van der Waals surface area contributed by atoms with E-state index in [1.54, 1.807) is 12.3 Å². The Kier molecular flexibility index (Phi) is 4.36. The third-order valence-electron chi connectivity index (χ3n) is 5.02. The first-order valence-electron chi connectivity index (χ1n) is 8.80. The largest absolute Gasteiger partial charge is 0.508 e. The van der Waals surface area contributed by atoms with Crippen LogP contribution < -0.4 is 0 Å². The highest BCUT2D eigenvalue weighted by Gasteiger charge is 2.28. The van der Waals surface area contributed by atoms with Crippen LogP contribution in [0.5, 0.6) is 5.75 Å². The fraction of sp³-hybridized carbons (Fsp3) is 0.286. The van der Waals surface area contributed by atoms with Crippen molar-refractivity contribution in [2.75, 3.05) is 13.1 Å². The van der Waals surface area contributed by atoms with Gasteiger partial charge in [-0.05, 0) is 61.8 Å². The molecule has 0 spiro atoms. The van der Waals surface area contributed by atoms with Gasteiger partial charge in [-0.1, -0.05) is 24.6 Å². The minimum Gasteiger partial charge on any atom is -0.508 e. The number of piperidine rings is 1. The summed E-state index contributed by atoms with van der Waals surface area (Å²) in [6, 6.07) is 14.0. The molecule has 3 nitrogen and oxygen atoms in total. The summed E-state index contributed by atoms with van der Waals surface area (Å²) in [5, 5.41) is 11.6. The number of phenolic OH excluding ortho intramolecular Hbond substituents is 1. The van der Waals surface area contributed by atoms with Crippen molar-refractivity contribution < 1.29 is 9.50 Å². The smallest absolute Gasteiger partial charge is 0.123 e. The SMILES string of the molecule is Oc1ccc2ncccc2c1C(c1ccc(F)cc1)N1CCCCC1. The molecule has 0 bridgehead atoms. The second-order valence-corrected chi connectivity index (χ2v) is 6.62. The van der Waals surface area contributed by atoms with Crippen molar-refractivity contribution in [2.45, 2.75) is 25.3 Å². The lowest BCUT2D eigenvalue weighted by Gasteiger charge is -2.36. The van der Waals surface area contributed by atoms with Crippen LogP contribution in [0.4, 0.5) is 4.39 Å². The Labute approximate surface area is 146 Å². The van der Waals surface area contributed by atoms with Crippen LogP contribution in [0.2, 0.25) is 0 Å². The Morgan fingerprint density at radius 2 is 1.72 bits per heavy atom. The van der Waals surface area contributed by atoms with Gasteiger partial charge in [0.2, 0.25) is 0 Å². The number of halogens is 1. The van der Waals surface area contributed by atoms with Crippen molar-refractivity contribution in [3.63, 3.8) is 0 Å². The van der Waals surface area contributed by atoms with Crippen LogP contribution >= 0.6 is 0 Å². The van der Waals surface area contributed by atoms with E-state index in [0.717, 1.165) is 48.0 Å². The zero-order valence-corrected chi connectivity index (χ0v) is 14.0. The van der Waals surface area contributed by atoms with E-state index in [9.17, 15) is 9.50 Å². The maximum absolute atomic E-state index is 13.5. The summed E-state index contributed by atoms with van der Waals surface area (Å²) in [7, 11) is 0. The van der Waals surface area contributed by atoms with Gasteiger partial charge in [0.15, 0.2) is 0 Å². The zero-order chi connectivity index (χ0) is 17.2. The predicted octanol–water partition coefficient (Wildman–Crippen LogP) is 4.65. The molecule has 1 aliphatic rings. The second kappa shape index (κ2) is 6.81. The van der Waals surface area contributed by atoms with E-state index in [-0.39, 0.29) is 17.6 Å². The van der Waals surface area contributed by atoms with Crippen LogP contribution in [-0.2, 0) is 0 Å². The van der Waals surface area contributed by atoms with Crippen molar-refractivity contribution in [1.29, 1.82) is 0 Å². The van der Waals surface area contributed by atoms with Crippen molar-refractivity contribution in [3.8, 4) is 5.75 Å². The number of likely N-dealkylation sites (tertiary alicyclic amines) is 1. The number of aromatic hydroxyl groups is 1. The van der Waals surface area contributed by atoms with Gasteiger partial charge in [-0.2, -0.15) is 0 Å². The minimum absolute atomic E-state index is 0.103. The van der Waals surface area contributed by atoms with Gasteiger partial charge in [-0.3, -0.25) is 9.88 Å². The highest BCUT2D eigenvalue weighted by atomic mass is 19.1. The molecule has 1 aliphatic heterocycles. The van der Waals surface area contributed by atoms with E-state index in [4.69, 9.17) is 0 Å². The number of aromatic nitrogens is 1. The predicted molar refractivity (Wildman–Crippen MR) is 97.1 cm³/mol. The minimum atomic E-state index is -0.245. The molecule has 1 fully saturated rings. The maximum atomic E-state index is 13.5. The van der Waals surface area contributed by atoms with Crippen LogP contribution in [-0.4, -0.2) is 28.1 Å². The van der Waals surface area contributed by atoms with E-state index in [1.807, 2.05) is 30.3 Å². The van der Waals surface area contributed by atoms with Crippen LogP contribution in [0.15, 0.2) is 54.7 Å². The molecule has 128 valence electrons. The quantitative estimate of drug-likeness (QED) is 0.756. The number of pyridine rings is 1. The van der Waals surface area contributed by atoms with Crippen LogP contribution in [0.1, 0.15) is 36.4 Å². The van der Waals surface area contributed by atoms with Gasteiger partial charge in [0.05, 0.1) is 11.6 Å². The van der Waals surface area contributed by atoms with Crippen LogP contribution in [0, 0.1) is 5.82 Å². The van der Waals surface area contributed by atoms with Crippen molar-refractivity contribution >= 4 is 10.9 Å². The molecule has 2 aromatic carbocycles. The van der Waals surface area contributed by atoms with Crippen molar-refractivity contribution in [2.24, 2.45) is 0 Å². The highest BCUT2D eigenvalue weighted by molar-refractivity contribution is 5.85. The van der Waals surface area contributed by atoms with E-state index < -0.39 is 0 Å². The number of rotatable bonds is 3. The van der Waals surface area contributed by atoms with Gasteiger partial charge in [0.25, 0.3) is 0 Å². The van der Waals surface area contributed by atoms with Gasteiger partial charge in [0.1, 0.15) is 11.6 Å². The Hall–Kier alpha value is -2.46. The Morgan fingerprint density at radius 3 is 2.48 bits per heavy atom. The molecule has 4 heteroatoms. The Morgan fingerprint density at radius 1 is 0.960 bits per heavy atom. The standard InChI is InChI=1S/C21H21FN2O/c22-16-8-6-15(7-9-16)21(24-13-2-1-3-14-24)20-17-5-4-12-23-18(17)10-11-19(20)25/h4-12,21,25H,1-3,13-14H2. The van der Waals surface area contributed by atoms with Gasteiger partial charge < -0.3 is 5.11 Å². The molecular weight excluding hydrogens is 315 g/mol. The molecule has 0 radical (unpaired) electrons. The average Bonchev–Trinajstić information content (AvgIpc) is 2.66. The lowest BCUT2D eigenvalue weighted by Crippen LogP contribution is -2.34. The summed E-state index contributed by atoms with van der Waals surface area (Å²) in [4.78, 5) is 6.82. The molecular formula is C21H21FN2O. The first-order chi connectivity index (χ1) is 12.2. The van der Waals surface area contributed by atoms with Gasteiger partial charge in [-0.15, -0.1) is 0 Å². The van der Waals surface area contributed by atoms with E-state index in [0.29, 0.717) is 0 Å². The van der Waals surface area contributed by atoms with Crippen molar-refractivity contribution in [1.82, 2.24) is 9.88 Å². The number of hydrogen-bond donors (Lipinski definition) is 1. The first-order valence-corrected chi connectivity index (χ1v) is 8.80. The van der Waals surface area contributed by atoms with E-state index in [2.05, 4.69) is 9.88 Å². The number of phenols is 1. The summed E-state index contributed by atoms with van der Waals surface area (Å²) < 4.78 is 13.5. The molecule has 0 saturated carbocycles. The average molecular weight is 336 g/mol.